The number of rotatable bonds is 7. The highest BCUT2D eigenvalue weighted by molar-refractivity contribution is 9.10. The smallest absolute Gasteiger partial charge is 0.264 e. The van der Waals surface area contributed by atoms with Crippen molar-refractivity contribution in [3.63, 3.8) is 0 Å². The standard InChI is InChI=1S/C22H18BrClFN3O3S/c1-15-5-11-18(12-6-15)32(30,31)28(17-9-7-16(23)8-10-17)14-22(29)27-26-13-19-20(24)3-2-4-21(19)25/h2-13H,14H2,1H3,(H,27,29)/b26-13-. The molecule has 1 N–H and O–H groups in total. The van der Waals surface area contributed by atoms with E-state index in [0.29, 0.717) is 5.69 Å². The maximum absolute atomic E-state index is 13.8. The van der Waals surface area contributed by atoms with Crippen LogP contribution in [-0.2, 0) is 14.8 Å². The molecule has 3 aromatic rings. The van der Waals surface area contributed by atoms with E-state index in [-0.39, 0.29) is 15.5 Å². The van der Waals surface area contributed by atoms with Gasteiger partial charge >= 0.3 is 0 Å². The van der Waals surface area contributed by atoms with Crippen molar-refractivity contribution in [1.82, 2.24) is 5.43 Å². The van der Waals surface area contributed by atoms with E-state index in [0.717, 1.165) is 20.6 Å². The summed E-state index contributed by atoms with van der Waals surface area (Å²) in [5.41, 5.74) is 3.42. The van der Waals surface area contributed by atoms with E-state index in [1.165, 1.54) is 30.3 Å². The van der Waals surface area contributed by atoms with Crippen LogP contribution >= 0.6 is 27.5 Å². The second kappa shape index (κ2) is 10.2. The van der Waals surface area contributed by atoms with Gasteiger partial charge < -0.3 is 0 Å². The van der Waals surface area contributed by atoms with E-state index in [4.69, 9.17) is 11.6 Å². The van der Waals surface area contributed by atoms with Gasteiger partial charge in [0.25, 0.3) is 15.9 Å². The molecule has 0 aromatic heterocycles. The summed E-state index contributed by atoms with van der Waals surface area (Å²) in [7, 11) is -4.05. The molecule has 10 heteroatoms. The van der Waals surface area contributed by atoms with E-state index < -0.39 is 28.3 Å². The average molecular weight is 539 g/mol. The molecule has 0 saturated carbocycles. The Morgan fingerprint density at radius 2 is 1.78 bits per heavy atom. The number of amides is 1. The Morgan fingerprint density at radius 3 is 2.41 bits per heavy atom. The predicted molar refractivity (Wildman–Crippen MR) is 127 cm³/mol. The van der Waals surface area contributed by atoms with Crippen molar-refractivity contribution in [1.29, 1.82) is 0 Å². The van der Waals surface area contributed by atoms with Crippen LogP contribution < -0.4 is 9.73 Å². The van der Waals surface area contributed by atoms with E-state index in [1.807, 2.05) is 6.92 Å². The minimum Gasteiger partial charge on any atom is -0.271 e. The van der Waals surface area contributed by atoms with Crippen LogP contribution in [0.3, 0.4) is 0 Å². The molecule has 0 unspecified atom stereocenters. The van der Waals surface area contributed by atoms with Crippen LogP contribution in [0.15, 0.2) is 81.2 Å². The third-order valence-electron chi connectivity index (χ3n) is 4.39. The molecule has 3 rings (SSSR count). The van der Waals surface area contributed by atoms with E-state index in [1.54, 1.807) is 36.4 Å². The number of benzene rings is 3. The lowest BCUT2D eigenvalue weighted by Gasteiger charge is -2.23. The highest BCUT2D eigenvalue weighted by atomic mass is 79.9. The summed E-state index contributed by atoms with van der Waals surface area (Å²) in [5, 5.41) is 3.84. The molecule has 32 heavy (non-hydrogen) atoms. The molecular formula is C22H18BrClFN3O3S. The first-order valence-corrected chi connectivity index (χ1v) is 11.9. The van der Waals surface area contributed by atoms with Crippen LogP contribution in [-0.4, -0.2) is 27.1 Å². The molecule has 0 atom stereocenters. The summed E-state index contributed by atoms with van der Waals surface area (Å²) in [6.07, 6.45) is 1.06. The first kappa shape index (κ1) is 23.9. The maximum atomic E-state index is 13.8. The first-order chi connectivity index (χ1) is 15.2. The fourth-order valence-corrected chi connectivity index (χ4v) is 4.63. The summed E-state index contributed by atoms with van der Waals surface area (Å²) in [4.78, 5) is 12.6. The Morgan fingerprint density at radius 1 is 1.12 bits per heavy atom. The molecule has 0 aliphatic heterocycles. The average Bonchev–Trinajstić information content (AvgIpc) is 2.75. The van der Waals surface area contributed by atoms with Crippen LogP contribution in [0, 0.1) is 12.7 Å². The Balaban J connectivity index is 1.85. The van der Waals surface area contributed by atoms with Crippen LogP contribution in [0.4, 0.5) is 10.1 Å². The van der Waals surface area contributed by atoms with Gasteiger partial charge in [0, 0.05) is 10.0 Å². The molecule has 0 aliphatic rings. The van der Waals surface area contributed by atoms with E-state index >= 15 is 0 Å². The SMILES string of the molecule is Cc1ccc(S(=O)(=O)N(CC(=O)N/N=C\c2c(F)cccc2Cl)c2ccc(Br)cc2)cc1. The number of carbonyl (C=O) groups excluding carboxylic acids is 1. The minimum atomic E-state index is -4.05. The summed E-state index contributed by atoms with van der Waals surface area (Å²) in [5.74, 6) is -1.32. The largest absolute Gasteiger partial charge is 0.271 e. The monoisotopic (exact) mass is 537 g/mol. The molecule has 1 amide bonds. The van der Waals surface area contributed by atoms with E-state index in [2.05, 4.69) is 26.5 Å². The lowest BCUT2D eigenvalue weighted by molar-refractivity contribution is -0.119. The van der Waals surface area contributed by atoms with Crippen molar-refractivity contribution in [2.45, 2.75) is 11.8 Å². The third-order valence-corrected chi connectivity index (χ3v) is 7.04. The van der Waals surface area contributed by atoms with Crippen molar-refractivity contribution in [3.05, 3.63) is 93.2 Å². The molecule has 3 aromatic carbocycles. The summed E-state index contributed by atoms with van der Waals surface area (Å²) in [6, 6.07) is 16.9. The molecule has 0 saturated heterocycles. The highest BCUT2D eigenvalue weighted by Crippen LogP contribution is 2.25. The van der Waals surface area contributed by atoms with Gasteiger partial charge in [-0.15, -0.1) is 0 Å². The topological polar surface area (TPSA) is 78.8 Å². The van der Waals surface area contributed by atoms with Crippen molar-refractivity contribution < 1.29 is 17.6 Å². The summed E-state index contributed by atoms with van der Waals surface area (Å²) in [6.45, 7) is 1.30. The van der Waals surface area contributed by atoms with Gasteiger partial charge in [-0.25, -0.2) is 18.2 Å². The second-order valence-corrected chi connectivity index (χ2v) is 9.91. The van der Waals surface area contributed by atoms with Crippen LogP contribution in [0.1, 0.15) is 11.1 Å². The molecule has 166 valence electrons. The van der Waals surface area contributed by atoms with E-state index in [9.17, 15) is 17.6 Å². The van der Waals surface area contributed by atoms with Crippen molar-refractivity contribution in [3.8, 4) is 0 Å². The molecule has 0 bridgehead atoms. The van der Waals surface area contributed by atoms with Crippen molar-refractivity contribution in [2.75, 3.05) is 10.8 Å². The number of nitrogens with zero attached hydrogens (tertiary/aromatic N) is 2. The minimum absolute atomic E-state index is 0.00603. The number of carbonyl (C=O) groups is 1. The maximum Gasteiger partial charge on any atom is 0.264 e. The fourth-order valence-electron chi connectivity index (χ4n) is 2.73. The second-order valence-electron chi connectivity index (χ2n) is 6.73. The van der Waals surface area contributed by atoms with Gasteiger partial charge in [-0.3, -0.25) is 9.10 Å². The van der Waals surface area contributed by atoms with Gasteiger partial charge in [0.05, 0.1) is 21.8 Å². The van der Waals surface area contributed by atoms with Gasteiger partial charge in [-0.1, -0.05) is 51.3 Å². The zero-order chi connectivity index (χ0) is 23.3. The molecule has 0 spiro atoms. The Kier molecular flexibility index (Phi) is 7.65. The highest BCUT2D eigenvalue weighted by Gasteiger charge is 2.27. The van der Waals surface area contributed by atoms with Crippen molar-refractivity contribution in [2.24, 2.45) is 5.10 Å². The quantitative estimate of drug-likeness (QED) is 0.343. The van der Waals surface area contributed by atoms with Gasteiger partial charge in [-0.05, 0) is 55.5 Å². The van der Waals surface area contributed by atoms with Gasteiger partial charge in [0.2, 0.25) is 0 Å². The number of anilines is 1. The lowest BCUT2D eigenvalue weighted by atomic mass is 10.2. The number of hydrazone groups is 1. The Bertz CT molecular complexity index is 1230. The van der Waals surface area contributed by atoms with Gasteiger partial charge in [-0.2, -0.15) is 5.10 Å². The van der Waals surface area contributed by atoms with Crippen LogP contribution in [0.5, 0.6) is 0 Å². The first-order valence-electron chi connectivity index (χ1n) is 9.29. The number of nitrogens with one attached hydrogen (secondary N) is 1. The molecule has 0 fully saturated rings. The van der Waals surface area contributed by atoms with Crippen molar-refractivity contribution >= 4 is 55.4 Å². The van der Waals surface area contributed by atoms with Gasteiger partial charge in [0.1, 0.15) is 12.4 Å². The fraction of sp³-hybridized carbons (Fsp3) is 0.0909. The summed E-state index contributed by atoms with van der Waals surface area (Å²) < 4.78 is 42.1. The van der Waals surface area contributed by atoms with Crippen LogP contribution in [0.2, 0.25) is 5.02 Å². The molecule has 0 heterocycles. The zero-order valence-electron chi connectivity index (χ0n) is 16.8. The molecule has 0 aliphatic carbocycles. The third kappa shape index (κ3) is 5.73. The Labute approximate surface area is 198 Å². The number of sulfonamides is 1. The predicted octanol–water partition coefficient (Wildman–Crippen LogP) is 4.90. The molecular weight excluding hydrogens is 521 g/mol. The zero-order valence-corrected chi connectivity index (χ0v) is 20.0. The lowest BCUT2D eigenvalue weighted by Crippen LogP contribution is -2.39. The molecule has 0 radical (unpaired) electrons. The Hall–Kier alpha value is -2.75. The molecule has 6 nitrogen and oxygen atoms in total. The normalized spacial score (nSPS) is 11.5. The number of aryl methyl sites for hydroxylation is 1. The van der Waals surface area contributed by atoms with Gasteiger partial charge in [0.15, 0.2) is 0 Å². The number of hydrogen-bond donors (Lipinski definition) is 1. The summed E-state index contributed by atoms with van der Waals surface area (Å²) >= 11 is 9.23. The van der Waals surface area contributed by atoms with Crippen LogP contribution in [0.25, 0.3) is 0 Å². The number of hydrogen-bond acceptors (Lipinski definition) is 4. The number of halogens is 3.